The van der Waals surface area contributed by atoms with Crippen LogP contribution in [0.25, 0.3) is 0 Å². The van der Waals surface area contributed by atoms with E-state index in [9.17, 15) is 0 Å². The van der Waals surface area contributed by atoms with Crippen LogP contribution >= 0.6 is 0 Å². The second-order valence-electron chi connectivity index (χ2n) is 5.12. The van der Waals surface area contributed by atoms with E-state index in [1.54, 1.807) is 13.1 Å². The predicted molar refractivity (Wildman–Crippen MR) is 72.8 cm³/mol. The molecule has 0 fully saturated rings. The number of para-hydroxylation sites is 1. The van der Waals surface area contributed by atoms with E-state index in [4.69, 9.17) is 5.21 Å². The van der Waals surface area contributed by atoms with E-state index in [0.717, 1.165) is 5.69 Å². The van der Waals surface area contributed by atoms with E-state index in [0.29, 0.717) is 12.1 Å². The topological polar surface area (TPSA) is 45.0 Å². The molecule has 3 heteroatoms. The Kier molecular flexibility index (Phi) is 4.44. The maximum atomic E-state index is 8.54. The van der Waals surface area contributed by atoms with Crippen LogP contribution in [0.5, 0.6) is 0 Å². The molecule has 0 saturated heterocycles. The average Bonchev–Trinajstić information content (AvgIpc) is 2.28. The molecule has 0 aromatic heterocycles. The second-order valence-corrected chi connectivity index (χ2v) is 5.12. The molecule has 0 radical (unpaired) electrons. The Labute approximate surface area is 103 Å². The number of oxime groups is 1. The summed E-state index contributed by atoms with van der Waals surface area (Å²) in [5.41, 5.74) is 2.93. The van der Waals surface area contributed by atoms with E-state index in [1.807, 2.05) is 18.2 Å². The Bertz CT molecular complexity index is 428. The summed E-state index contributed by atoms with van der Waals surface area (Å²) >= 11 is 0. The van der Waals surface area contributed by atoms with Crippen molar-refractivity contribution in [2.45, 2.75) is 39.5 Å². The standard InChI is InChI=1S/C14H20N2O/c1-11(16-17)9-10-15-13-8-6-5-7-12(13)14(2,3)4/h5-8,10,17H,9H2,1-4H3. The molecule has 1 aromatic rings. The molecular weight excluding hydrogens is 212 g/mol. The van der Waals surface area contributed by atoms with E-state index in [1.165, 1.54) is 5.56 Å². The highest BCUT2D eigenvalue weighted by molar-refractivity contribution is 5.94. The molecule has 0 unspecified atom stereocenters. The van der Waals surface area contributed by atoms with Gasteiger partial charge in [-0.2, -0.15) is 0 Å². The first-order valence-corrected chi connectivity index (χ1v) is 5.74. The van der Waals surface area contributed by atoms with Crippen LogP contribution in [0.15, 0.2) is 34.4 Å². The Hall–Kier alpha value is -1.64. The highest BCUT2D eigenvalue weighted by Crippen LogP contribution is 2.30. The normalized spacial score (nSPS) is 13.3. The van der Waals surface area contributed by atoms with E-state index in [2.05, 4.69) is 37.0 Å². The zero-order chi connectivity index (χ0) is 12.9. The van der Waals surface area contributed by atoms with Gasteiger partial charge in [0.05, 0.1) is 11.4 Å². The van der Waals surface area contributed by atoms with E-state index in [-0.39, 0.29) is 5.41 Å². The molecule has 92 valence electrons. The molecule has 1 N–H and O–H groups in total. The molecule has 17 heavy (non-hydrogen) atoms. The highest BCUT2D eigenvalue weighted by Gasteiger charge is 2.16. The number of benzene rings is 1. The lowest BCUT2D eigenvalue weighted by Crippen LogP contribution is -2.11. The molecule has 0 atom stereocenters. The molecule has 0 aliphatic rings. The zero-order valence-corrected chi connectivity index (χ0v) is 10.9. The predicted octanol–water partition coefficient (Wildman–Crippen LogP) is 3.93. The lowest BCUT2D eigenvalue weighted by molar-refractivity contribution is 0.318. The molecule has 0 aliphatic heterocycles. The van der Waals surface area contributed by atoms with E-state index < -0.39 is 0 Å². The Morgan fingerprint density at radius 2 is 1.94 bits per heavy atom. The lowest BCUT2D eigenvalue weighted by atomic mass is 9.86. The second kappa shape index (κ2) is 5.62. The fraction of sp³-hybridized carbons (Fsp3) is 0.429. The van der Waals surface area contributed by atoms with Crippen LogP contribution in [0.4, 0.5) is 5.69 Å². The summed E-state index contributed by atoms with van der Waals surface area (Å²) in [4.78, 5) is 4.44. The van der Waals surface area contributed by atoms with Crippen molar-refractivity contribution in [3.63, 3.8) is 0 Å². The molecule has 0 saturated carbocycles. The minimum absolute atomic E-state index is 0.0774. The number of rotatable bonds is 3. The van der Waals surface area contributed by atoms with Gasteiger partial charge < -0.3 is 5.21 Å². The summed E-state index contributed by atoms with van der Waals surface area (Å²) in [6.45, 7) is 8.27. The third-order valence-corrected chi connectivity index (χ3v) is 2.50. The van der Waals surface area contributed by atoms with Gasteiger partial charge in [-0.05, 0) is 24.0 Å². The van der Waals surface area contributed by atoms with Gasteiger partial charge in [0.1, 0.15) is 0 Å². The van der Waals surface area contributed by atoms with Gasteiger partial charge in [-0.1, -0.05) is 44.1 Å². The molecular formula is C14H20N2O. The van der Waals surface area contributed by atoms with Crippen LogP contribution in [0, 0.1) is 0 Å². The van der Waals surface area contributed by atoms with Gasteiger partial charge in [0.25, 0.3) is 0 Å². The molecule has 1 aromatic carbocycles. The van der Waals surface area contributed by atoms with Gasteiger partial charge in [-0.3, -0.25) is 4.99 Å². The maximum Gasteiger partial charge on any atom is 0.0663 e. The van der Waals surface area contributed by atoms with Crippen molar-refractivity contribution in [2.75, 3.05) is 0 Å². The lowest BCUT2D eigenvalue weighted by Gasteiger charge is -2.20. The van der Waals surface area contributed by atoms with E-state index >= 15 is 0 Å². The Balaban J connectivity index is 2.92. The Morgan fingerprint density at radius 3 is 2.53 bits per heavy atom. The quantitative estimate of drug-likeness (QED) is 0.479. The van der Waals surface area contributed by atoms with Crippen LogP contribution in [-0.4, -0.2) is 17.1 Å². The zero-order valence-electron chi connectivity index (χ0n) is 10.9. The number of nitrogens with zero attached hydrogens (tertiary/aromatic N) is 2. The number of hydrogen-bond acceptors (Lipinski definition) is 3. The summed E-state index contributed by atoms with van der Waals surface area (Å²) < 4.78 is 0. The third-order valence-electron chi connectivity index (χ3n) is 2.50. The van der Waals surface area contributed by atoms with Gasteiger partial charge >= 0.3 is 0 Å². The van der Waals surface area contributed by atoms with Crippen molar-refractivity contribution in [1.82, 2.24) is 0 Å². The van der Waals surface area contributed by atoms with Crippen LogP contribution in [-0.2, 0) is 5.41 Å². The molecule has 1 rings (SSSR count). The first kappa shape index (κ1) is 13.4. The fourth-order valence-electron chi connectivity index (χ4n) is 1.54. The van der Waals surface area contributed by atoms with Crippen LogP contribution in [0.2, 0.25) is 0 Å². The minimum Gasteiger partial charge on any atom is -0.411 e. The summed E-state index contributed by atoms with van der Waals surface area (Å²) in [6.07, 6.45) is 2.34. The monoisotopic (exact) mass is 232 g/mol. The summed E-state index contributed by atoms with van der Waals surface area (Å²) in [6, 6.07) is 8.11. The highest BCUT2D eigenvalue weighted by atomic mass is 16.4. The molecule has 0 bridgehead atoms. The van der Waals surface area contributed by atoms with Gasteiger partial charge in [0.2, 0.25) is 0 Å². The van der Waals surface area contributed by atoms with Crippen LogP contribution < -0.4 is 0 Å². The SMILES string of the molecule is CC(CC=Nc1ccccc1C(C)(C)C)=NO. The van der Waals surface area contributed by atoms with Gasteiger partial charge in [-0.15, -0.1) is 0 Å². The van der Waals surface area contributed by atoms with Crippen molar-refractivity contribution >= 4 is 17.6 Å². The average molecular weight is 232 g/mol. The molecule has 0 aliphatic carbocycles. The first-order valence-electron chi connectivity index (χ1n) is 5.74. The van der Waals surface area contributed by atoms with Gasteiger partial charge in [0, 0.05) is 12.6 Å². The molecule has 3 nitrogen and oxygen atoms in total. The smallest absolute Gasteiger partial charge is 0.0663 e. The fourth-order valence-corrected chi connectivity index (χ4v) is 1.54. The van der Waals surface area contributed by atoms with Crippen molar-refractivity contribution in [3.05, 3.63) is 29.8 Å². The van der Waals surface area contributed by atoms with Crippen molar-refractivity contribution in [1.29, 1.82) is 0 Å². The number of aliphatic imine (C=N–C) groups is 1. The minimum atomic E-state index is 0.0774. The van der Waals surface area contributed by atoms with Crippen molar-refractivity contribution in [2.24, 2.45) is 10.1 Å². The molecule has 0 amide bonds. The largest absolute Gasteiger partial charge is 0.411 e. The Morgan fingerprint density at radius 1 is 1.29 bits per heavy atom. The van der Waals surface area contributed by atoms with Gasteiger partial charge in [0.15, 0.2) is 0 Å². The van der Waals surface area contributed by atoms with Crippen molar-refractivity contribution < 1.29 is 5.21 Å². The summed E-state index contributed by atoms with van der Waals surface area (Å²) in [5, 5.41) is 11.7. The molecule has 0 spiro atoms. The first-order chi connectivity index (χ1) is 7.95. The summed E-state index contributed by atoms with van der Waals surface area (Å²) in [7, 11) is 0. The maximum absolute atomic E-state index is 8.54. The molecule has 0 heterocycles. The third kappa shape index (κ3) is 4.02. The van der Waals surface area contributed by atoms with Gasteiger partial charge in [-0.25, -0.2) is 0 Å². The van der Waals surface area contributed by atoms with Crippen molar-refractivity contribution in [3.8, 4) is 0 Å². The summed E-state index contributed by atoms with van der Waals surface area (Å²) in [5.74, 6) is 0. The van der Waals surface area contributed by atoms with Crippen LogP contribution in [0.1, 0.15) is 39.7 Å². The van der Waals surface area contributed by atoms with Crippen LogP contribution in [0.3, 0.4) is 0 Å². The number of hydrogen-bond donors (Lipinski definition) is 1.